The minimum absolute atomic E-state index is 0.332. The van der Waals surface area contributed by atoms with E-state index in [1.165, 1.54) is 12.8 Å². The quantitative estimate of drug-likeness (QED) is 0.765. The fraction of sp³-hybridized carbons (Fsp3) is 0.933. The molecule has 0 aromatic carbocycles. The maximum atomic E-state index is 12.2. The molecule has 19 heavy (non-hydrogen) atoms. The summed E-state index contributed by atoms with van der Waals surface area (Å²) in [6.07, 6.45) is 5.14. The first kappa shape index (κ1) is 16.4. The summed E-state index contributed by atoms with van der Waals surface area (Å²) >= 11 is 0. The molecule has 2 unspecified atom stereocenters. The van der Waals surface area contributed by atoms with Crippen molar-refractivity contribution < 1.29 is 4.79 Å². The van der Waals surface area contributed by atoms with Crippen molar-refractivity contribution in [1.82, 2.24) is 9.80 Å². The summed E-state index contributed by atoms with van der Waals surface area (Å²) in [4.78, 5) is 16.6. The van der Waals surface area contributed by atoms with Gasteiger partial charge >= 0.3 is 0 Å². The maximum absolute atomic E-state index is 12.2. The molecule has 4 nitrogen and oxygen atoms in total. The molecule has 1 fully saturated rings. The standard InChI is InChI=1S/C15H31N3O/c1-4-5-14(8-9-16)6-7-15(19)18-11-10-17(3)13(2)12-18/h13-14H,4-12,16H2,1-3H3. The van der Waals surface area contributed by atoms with Crippen molar-refractivity contribution in [3.05, 3.63) is 0 Å². The van der Waals surface area contributed by atoms with E-state index in [4.69, 9.17) is 5.73 Å². The van der Waals surface area contributed by atoms with Gasteiger partial charge in [0.2, 0.25) is 5.91 Å². The van der Waals surface area contributed by atoms with Crippen molar-refractivity contribution >= 4 is 5.91 Å². The van der Waals surface area contributed by atoms with Crippen molar-refractivity contribution in [3.63, 3.8) is 0 Å². The van der Waals surface area contributed by atoms with Crippen molar-refractivity contribution in [1.29, 1.82) is 0 Å². The Kier molecular flexibility index (Phi) is 7.39. The Morgan fingerprint density at radius 1 is 1.32 bits per heavy atom. The lowest BCUT2D eigenvalue weighted by molar-refractivity contribution is -0.134. The van der Waals surface area contributed by atoms with Gasteiger partial charge in [-0.3, -0.25) is 4.79 Å². The lowest BCUT2D eigenvalue weighted by Gasteiger charge is -2.37. The van der Waals surface area contributed by atoms with Crippen LogP contribution in [0.25, 0.3) is 0 Å². The van der Waals surface area contributed by atoms with E-state index < -0.39 is 0 Å². The molecular weight excluding hydrogens is 238 g/mol. The number of carbonyl (C=O) groups excluding carboxylic acids is 1. The summed E-state index contributed by atoms with van der Waals surface area (Å²) in [6, 6.07) is 0.480. The fourth-order valence-corrected chi connectivity index (χ4v) is 2.84. The predicted octanol–water partition coefficient (Wildman–Crippen LogP) is 1.69. The topological polar surface area (TPSA) is 49.6 Å². The van der Waals surface area contributed by atoms with Gasteiger partial charge in [-0.1, -0.05) is 19.8 Å². The first-order valence-electron chi connectivity index (χ1n) is 7.76. The molecule has 0 aliphatic carbocycles. The van der Waals surface area contributed by atoms with E-state index in [0.717, 1.165) is 39.0 Å². The number of hydrogen-bond donors (Lipinski definition) is 1. The lowest BCUT2D eigenvalue weighted by Crippen LogP contribution is -2.52. The molecule has 1 aliphatic heterocycles. The molecule has 2 N–H and O–H groups in total. The summed E-state index contributed by atoms with van der Waals surface area (Å²) in [7, 11) is 2.13. The van der Waals surface area contributed by atoms with Crippen LogP contribution in [0.5, 0.6) is 0 Å². The van der Waals surface area contributed by atoms with E-state index in [1.807, 2.05) is 4.90 Å². The largest absolute Gasteiger partial charge is 0.340 e. The highest BCUT2D eigenvalue weighted by molar-refractivity contribution is 5.76. The Labute approximate surface area is 118 Å². The Bertz CT molecular complexity index is 264. The second kappa shape index (κ2) is 8.54. The second-order valence-corrected chi connectivity index (χ2v) is 5.94. The zero-order chi connectivity index (χ0) is 14.3. The molecule has 0 spiro atoms. The van der Waals surface area contributed by atoms with Gasteiger partial charge in [0.1, 0.15) is 0 Å². The minimum Gasteiger partial charge on any atom is -0.340 e. The molecule has 112 valence electrons. The van der Waals surface area contributed by atoms with E-state index in [0.29, 0.717) is 24.3 Å². The third kappa shape index (κ3) is 5.49. The number of likely N-dealkylation sites (N-methyl/N-ethyl adjacent to an activating group) is 1. The molecule has 4 heteroatoms. The SMILES string of the molecule is CCCC(CCN)CCC(=O)N1CCN(C)C(C)C1. The van der Waals surface area contributed by atoms with Crippen molar-refractivity contribution in [2.75, 3.05) is 33.2 Å². The number of nitrogens with zero attached hydrogens (tertiary/aromatic N) is 2. The normalized spacial score (nSPS) is 22.5. The molecule has 0 radical (unpaired) electrons. The second-order valence-electron chi connectivity index (χ2n) is 5.94. The Morgan fingerprint density at radius 3 is 2.63 bits per heavy atom. The first-order chi connectivity index (χ1) is 9.08. The maximum Gasteiger partial charge on any atom is 0.222 e. The monoisotopic (exact) mass is 269 g/mol. The van der Waals surface area contributed by atoms with Gasteiger partial charge in [-0.2, -0.15) is 0 Å². The van der Waals surface area contributed by atoms with Crippen LogP contribution in [-0.2, 0) is 4.79 Å². The van der Waals surface area contributed by atoms with Crippen LogP contribution in [-0.4, -0.2) is 55.0 Å². The number of piperazine rings is 1. The predicted molar refractivity (Wildman–Crippen MR) is 80.0 cm³/mol. The van der Waals surface area contributed by atoms with Crippen LogP contribution in [0.4, 0.5) is 0 Å². The number of hydrogen-bond acceptors (Lipinski definition) is 3. The average Bonchev–Trinajstić information content (AvgIpc) is 2.39. The Balaban J connectivity index is 2.33. The van der Waals surface area contributed by atoms with Crippen molar-refractivity contribution in [2.45, 2.75) is 52.0 Å². The number of nitrogens with two attached hydrogens (primary N) is 1. The van der Waals surface area contributed by atoms with Crippen LogP contribution in [0.1, 0.15) is 46.0 Å². The smallest absolute Gasteiger partial charge is 0.222 e. The molecule has 1 saturated heterocycles. The molecule has 1 aliphatic rings. The van der Waals surface area contributed by atoms with Crippen LogP contribution >= 0.6 is 0 Å². The van der Waals surface area contributed by atoms with Gasteiger partial charge in [0.05, 0.1) is 0 Å². The highest BCUT2D eigenvalue weighted by Gasteiger charge is 2.24. The van der Waals surface area contributed by atoms with Crippen molar-refractivity contribution in [2.24, 2.45) is 11.7 Å². The highest BCUT2D eigenvalue weighted by atomic mass is 16.2. The van der Waals surface area contributed by atoms with E-state index >= 15 is 0 Å². The van der Waals surface area contributed by atoms with Gasteiger partial charge in [-0.15, -0.1) is 0 Å². The summed E-state index contributed by atoms with van der Waals surface area (Å²) in [5.41, 5.74) is 5.64. The molecule has 0 bridgehead atoms. The summed E-state index contributed by atoms with van der Waals surface area (Å²) in [5.74, 6) is 0.960. The van der Waals surface area contributed by atoms with E-state index in [1.54, 1.807) is 0 Å². The zero-order valence-electron chi connectivity index (χ0n) is 12.9. The van der Waals surface area contributed by atoms with Gasteiger partial charge in [0.25, 0.3) is 0 Å². The summed E-state index contributed by atoms with van der Waals surface area (Å²) < 4.78 is 0. The average molecular weight is 269 g/mol. The fourth-order valence-electron chi connectivity index (χ4n) is 2.84. The number of rotatable bonds is 7. The summed E-state index contributed by atoms with van der Waals surface area (Å²) in [6.45, 7) is 7.89. The van der Waals surface area contributed by atoms with Crippen LogP contribution in [0.2, 0.25) is 0 Å². The molecular formula is C15H31N3O. The number of amides is 1. The molecule has 1 heterocycles. The third-order valence-electron chi connectivity index (χ3n) is 4.35. The minimum atomic E-state index is 0.332. The molecule has 2 atom stereocenters. The van der Waals surface area contributed by atoms with Crippen molar-refractivity contribution in [3.8, 4) is 0 Å². The first-order valence-corrected chi connectivity index (χ1v) is 7.76. The molecule has 0 aromatic heterocycles. The molecule has 1 amide bonds. The van der Waals surface area contributed by atoms with Gasteiger partial charge < -0.3 is 15.5 Å². The highest BCUT2D eigenvalue weighted by Crippen LogP contribution is 2.18. The van der Waals surface area contributed by atoms with E-state index in [9.17, 15) is 4.79 Å². The van der Waals surface area contributed by atoms with Crippen LogP contribution in [0.3, 0.4) is 0 Å². The molecule has 0 saturated carbocycles. The van der Waals surface area contributed by atoms with Crippen LogP contribution in [0.15, 0.2) is 0 Å². The number of carbonyl (C=O) groups is 1. The van der Waals surface area contributed by atoms with Crippen LogP contribution in [0, 0.1) is 5.92 Å². The van der Waals surface area contributed by atoms with E-state index in [2.05, 4.69) is 25.8 Å². The summed E-state index contributed by atoms with van der Waals surface area (Å²) in [5, 5.41) is 0. The molecule has 0 aromatic rings. The van der Waals surface area contributed by atoms with Gasteiger partial charge in [0, 0.05) is 32.1 Å². The van der Waals surface area contributed by atoms with Gasteiger partial charge in [-0.05, 0) is 39.3 Å². The Hall–Kier alpha value is -0.610. The third-order valence-corrected chi connectivity index (χ3v) is 4.35. The van der Waals surface area contributed by atoms with E-state index in [-0.39, 0.29) is 0 Å². The lowest BCUT2D eigenvalue weighted by atomic mass is 9.94. The molecule has 1 rings (SSSR count). The van der Waals surface area contributed by atoms with Crippen LogP contribution < -0.4 is 5.73 Å². The van der Waals surface area contributed by atoms with Gasteiger partial charge in [-0.25, -0.2) is 0 Å². The zero-order valence-corrected chi connectivity index (χ0v) is 12.9. The Morgan fingerprint density at radius 2 is 2.05 bits per heavy atom. The van der Waals surface area contributed by atoms with Gasteiger partial charge in [0.15, 0.2) is 0 Å².